The first-order valence-electron chi connectivity index (χ1n) is 9.05. The standard InChI is InChI=1S/C26H22/c1-19-8-3-5-12-25(19)22-16-14-21(15-17-22)23-10-7-11-24(18-23)26-13-6-4-9-20(26)2/h3-18H,1-2H3. The van der Waals surface area contributed by atoms with Crippen LogP contribution >= 0.6 is 0 Å². The molecule has 0 amide bonds. The van der Waals surface area contributed by atoms with Gasteiger partial charge in [-0.15, -0.1) is 0 Å². The van der Waals surface area contributed by atoms with Crippen molar-refractivity contribution in [2.45, 2.75) is 13.8 Å². The highest BCUT2D eigenvalue weighted by Gasteiger charge is 2.05. The van der Waals surface area contributed by atoms with Crippen molar-refractivity contribution in [2.24, 2.45) is 0 Å². The van der Waals surface area contributed by atoms with Gasteiger partial charge in [0, 0.05) is 0 Å². The first kappa shape index (κ1) is 16.4. The van der Waals surface area contributed by atoms with Crippen LogP contribution in [0.2, 0.25) is 0 Å². The highest BCUT2D eigenvalue weighted by molar-refractivity contribution is 5.76. The summed E-state index contributed by atoms with van der Waals surface area (Å²) in [7, 11) is 0. The fourth-order valence-electron chi connectivity index (χ4n) is 3.50. The Hall–Kier alpha value is -3.12. The largest absolute Gasteiger partial charge is 0.0620 e. The molecule has 0 unspecified atom stereocenters. The molecule has 0 aromatic heterocycles. The van der Waals surface area contributed by atoms with Crippen molar-refractivity contribution in [1.29, 1.82) is 0 Å². The molecule has 0 heterocycles. The van der Waals surface area contributed by atoms with Crippen LogP contribution in [0.3, 0.4) is 0 Å². The first-order chi connectivity index (χ1) is 12.7. The van der Waals surface area contributed by atoms with E-state index in [0.29, 0.717) is 0 Å². The van der Waals surface area contributed by atoms with Crippen LogP contribution in [0.5, 0.6) is 0 Å². The van der Waals surface area contributed by atoms with Gasteiger partial charge >= 0.3 is 0 Å². The maximum Gasteiger partial charge on any atom is -0.0155 e. The molecule has 26 heavy (non-hydrogen) atoms. The summed E-state index contributed by atoms with van der Waals surface area (Å²) in [5.41, 5.74) is 10.2. The molecule has 0 saturated heterocycles. The predicted octanol–water partition coefficient (Wildman–Crippen LogP) is 7.30. The summed E-state index contributed by atoms with van der Waals surface area (Å²) >= 11 is 0. The lowest BCUT2D eigenvalue weighted by molar-refractivity contribution is 1.45. The SMILES string of the molecule is Cc1ccccc1-c1ccc(-c2cccc(-c3ccccc3C)c2)cc1. The molecule has 0 N–H and O–H groups in total. The van der Waals surface area contributed by atoms with Crippen molar-refractivity contribution in [2.75, 3.05) is 0 Å². The summed E-state index contributed by atoms with van der Waals surface area (Å²) in [6.07, 6.45) is 0. The third kappa shape index (κ3) is 3.19. The van der Waals surface area contributed by atoms with Crippen LogP contribution in [0, 0.1) is 13.8 Å². The zero-order valence-electron chi connectivity index (χ0n) is 15.2. The molecule has 0 heteroatoms. The van der Waals surface area contributed by atoms with Gasteiger partial charge in [-0.2, -0.15) is 0 Å². The van der Waals surface area contributed by atoms with Gasteiger partial charge in [-0.3, -0.25) is 0 Å². The van der Waals surface area contributed by atoms with E-state index in [-0.39, 0.29) is 0 Å². The zero-order chi connectivity index (χ0) is 17.9. The molecule has 0 fully saturated rings. The maximum absolute atomic E-state index is 2.28. The van der Waals surface area contributed by atoms with Crippen LogP contribution in [0.25, 0.3) is 33.4 Å². The molecule has 0 bridgehead atoms. The van der Waals surface area contributed by atoms with Gasteiger partial charge in [0.25, 0.3) is 0 Å². The number of benzene rings is 4. The molecule has 0 saturated carbocycles. The third-order valence-corrected chi connectivity index (χ3v) is 4.99. The zero-order valence-corrected chi connectivity index (χ0v) is 15.2. The molecule has 0 atom stereocenters. The average Bonchev–Trinajstić information content (AvgIpc) is 2.69. The summed E-state index contributed by atoms with van der Waals surface area (Å²) in [6.45, 7) is 4.33. The van der Waals surface area contributed by atoms with Crippen molar-refractivity contribution >= 4 is 0 Å². The second kappa shape index (κ2) is 7.01. The van der Waals surface area contributed by atoms with E-state index in [2.05, 4.69) is 111 Å². The second-order valence-corrected chi connectivity index (χ2v) is 6.79. The predicted molar refractivity (Wildman–Crippen MR) is 112 cm³/mol. The average molecular weight is 334 g/mol. The van der Waals surface area contributed by atoms with Gasteiger partial charge in [-0.05, 0) is 64.4 Å². The van der Waals surface area contributed by atoms with Crippen LogP contribution in [-0.2, 0) is 0 Å². The van der Waals surface area contributed by atoms with Crippen LogP contribution in [0.4, 0.5) is 0 Å². The molecular weight excluding hydrogens is 312 g/mol. The van der Waals surface area contributed by atoms with E-state index >= 15 is 0 Å². The van der Waals surface area contributed by atoms with Crippen LogP contribution in [0.15, 0.2) is 97.1 Å². The van der Waals surface area contributed by atoms with Gasteiger partial charge in [0.1, 0.15) is 0 Å². The fraction of sp³-hybridized carbons (Fsp3) is 0.0769. The highest BCUT2D eigenvalue weighted by atomic mass is 14.1. The molecule has 0 spiro atoms. The van der Waals surface area contributed by atoms with Crippen molar-refractivity contribution in [3.8, 4) is 33.4 Å². The van der Waals surface area contributed by atoms with E-state index in [1.54, 1.807) is 0 Å². The van der Waals surface area contributed by atoms with Gasteiger partial charge in [-0.1, -0.05) is 91.0 Å². The van der Waals surface area contributed by atoms with E-state index in [9.17, 15) is 0 Å². The van der Waals surface area contributed by atoms with Crippen LogP contribution < -0.4 is 0 Å². The topological polar surface area (TPSA) is 0 Å². The van der Waals surface area contributed by atoms with Crippen molar-refractivity contribution in [3.05, 3.63) is 108 Å². The molecule has 0 radical (unpaired) electrons. The van der Waals surface area contributed by atoms with Crippen molar-refractivity contribution in [3.63, 3.8) is 0 Å². The summed E-state index contributed by atoms with van der Waals surface area (Å²) in [5, 5.41) is 0. The van der Waals surface area contributed by atoms with Gasteiger partial charge in [0.05, 0.1) is 0 Å². The van der Waals surface area contributed by atoms with Crippen molar-refractivity contribution in [1.82, 2.24) is 0 Å². The number of aryl methyl sites for hydroxylation is 2. The molecule has 4 rings (SSSR count). The van der Waals surface area contributed by atoms with Gasteiger partial charge in [0.2, 0.25) is 0 Å². The highest BCUT2D eigenvalue weighted by Crippen LogP contribution is 2.30. The Morgan fingerprint density at radius 2 is 0.885 bits per heavy atom. The maximum atomic E-state index is 2.28. The fourth-order valence-corrected chi connectivity index (χ4v) is 3.50. The van der Waals surface area contributed by atoms with E-state index in [1.165, 1.54) is 44.5 Å². The number of hydrogen-bond acceptors (Lipinski definition) is 0. The van der Waals surface area contributed by atoms with Crippen molar-refractivity contribution < 1.29 is 0 Å². The van der Waals surface area contributed by atoms with E-state index in [0.717, 1.165) is 0 Å². The van der Waals surface area contributed by atoms with Gasteiger partial charge in [-0.25, -0.2) is 0 Å². The molecule has 0 aliphatic rings. The minimum Gasteiger partial charge on any atom is -0.0620 e. The molecule has 0 aliphatic carbocycles. The minimum absolute atomic E-state index is 1.25. The first-order valence-corrected chi connectivity index (χ1v) is 9.05. The van der Waals surface area contributed by atoms with Gasteiger partial charge < -0.3 is 0 Å². The van der Waals surface area contributed by atoms with E-state index < -0.39 is 0 Å². The Morgan fingerprint density at radius 3 is 1.50 bits per heavy atom. The Labute approximate surface area is 155 Å². The van der Waals surface area contributed by atoms with Gasteiger partial charge in [0.15, 0.2) is 0 Å². The minimum atomic E-state index is 1.25. The molecule has 0 nitrogen and oxygen atoms in total. The lowest BCUT2D eigenvalue weighted by Crippen LogP contribution is -1.85. The quantitative estimate of drug-likeness (QED) is 0.368. The summed E-state index contributed by atoms with van der Waals surface area (Å²) in [6, 6.07) is 34.8. The van der Waals surface area contributed by atoms with E-state index in [1.807, 2.05) is 0 Å². The summed E-state index contributed by atoms with van der Waals surface area (Å²) in [5.74, 6) is 0. The Balaban J connectivity index is 1.70. The van der Waals surface area contributed by atoms with Crippen LogP contribution in [-0.4, -0.2) is 0 Å². The lowest BCUT2D eigenvalue weighted by atomic mass is 9.95. The number of hydrogen-bond donors (Lipinski definition) is 0. The molecule has 4 aromatic rings. The smallest absolute Gasteiger partial charge is 0.0155 e. The molecule has 0 aliphatic heterocycles. The van der Waals surface area contributed by atoms with E-state index in [4.69, 9.17) is 0 Å². The lowest BCUT2D eigenvalue weighted by Gasteiger charge is -2.10. The number of rotatable bonds is 3. The Kier molecular flexibility index (Phi) is 4.41. The molecule has 4 aromatic carbocycles. The summed E-state index contributed by atoms with van der Waals surface area (Å²) < 4.78 is 0. The van der Waals surface area contributed by atoms with Crippen LogP contribution in [0.1, 0.15) is 11.1 Å². The molecule has 126 valence electrons. The third-order valence-electron chi connectivity index (χ3n) is 4.99. The second-order valence-electron chi connectivity index (χ2n) is 6.79. The summed E-state index contributed by atoms with van der Waals surface area (Å²) in [4.78, 5) is 0. The molecular formula is C26H22. The monoisotopic (exact) mass is 334 g/mol. The normalized spacial score (nSPS) is 10.7. The Bertz CT molecular complexity index is 1040. The Morgan fingerprint density at radius 1 is 0.385 bits per heavy atom.